The van der Waals surface area contributed by atoms with Gasteiger partial charge in [0.05, 0.1) is 18.5 Å². The zero-order valence-electron chi connectivity index (χ0n) is 17.2. The lowest BCUT2D eigenvalue weighted by Crippen LogP contribution is -2.32. The zero-order chi connectivity index (χ0) is 22.4. The molecule has 2 aromatic carbocycles. The normalized spacial score (nSPS) is 11.3. The monoisotopic (exact) mass is 462 g/mol. The van der Waals surface area contributed by atoms with E-state index in [2.05, 4.69) is 15.5 Å². The minimum atomic E-state index is -3.46. The summed E-state index contributed by atoms with van der Waals surface area (Å²) in [5.74, 6) is 0.448. The molecule has 0 atom stereocenters. The van der Waals surface area contributed by atoms with E-state index in [1.54, 1.807) is 36.4 Å². The molecule has 0 bridgehead atoms. The maximum atomic E-state index is 12.2. The number of amides is 1. The first-order valence-corrected chi connectivity index (χ1v) is 11.9. The molecule has 0 radical (unpaired) electrons. The van der Waals surface area contributed by atoms with E-state index in [-0.39, 0.29) is 31.3 Å². The molecule has 3 aromatic rings. The first-order chi connectivity index (χ1) is 14.7. The molecule has 1 amide bonds. The molecule has 0 spiro atoms. The Balaban J connectivity index is 1.51. The number of para-hydroxylation sites is 1. The van der Waals surface area contributed by atoms with E-state index in [9.17, 15) is 13.2 Å². The van der Waals surface area contributed by atoms with Crippen LogP contribution in [0.5, 0.6) is 0 Å². The standard InChI is InChI=1S/C21H23ClN4O4S/c1-15-6-3-4-7-18(15)26(31(2,28)29)13-5-8-19(27)23-14-20-24-21(25-30-20)16-9-11-17(22)12-10-16/h3-4,6-7,9-12H,5,8,13-14H2,1-2H3,(H,23,27). The number of nitrogens with zero attached hydrogens (tertiary/aromatic N) is 3. The van der Waals surface area contributed by atoms with Crippen LogP contribution in [0.2, 0.25) is 5.02 Å². The smallest absolute Gasteiger partial charge is 0.246 e. The summed E-state index contributed by atoms with van der Waals surface area (Å²) < 4.78 is 30.9. The van der Waals surface area contributed by atoms with Crippen molar-refractivity contribution >= 4 is 33.2 Å². The summed E-state index contributed by atoms with van der Waals surface area (Å²) >= 11 is 5.87. The molecule has 1 heterocycles. The molecule has 1 N–H and O–H groups in total. The maximum absolute atomic E-state index is 12.2. The number of carbonyl (C=O) groups excluding carboxylic acids is 1. The van der Waals surface area contributed by atoms with Crippen LogP contribution in [-0.4, -0.2) is 37.3 Å². The molecule has 0 fully saturated rings. The number of hydrogen-bond acceptors (Lipinski definition) is 6. The summed E-state index contributed by atoms with van der Waals surface area (Å²) in [6.07, 6.45) is 1.69. The molecule has 8 nitrogen and oxygen atoms in total. The highest BCUT2D eigenvalue weighted by atomic mass is 35.5. The second-order valence-corrected chi connectivity index (χ2v) is 9.36. The highest BCUT2D eigenvalue weighted by Crippen LogP contribution is 2.22. The number of sulfonamides is 1. The van der Waals surface area contributed by atoms with Crippen molar-refractivity contribution in [2.75, 3.05) is 17.1 Å². The summed E-state index contributed by atoms with van der Waals surface area (Å²) in [6.45, 7) is 2.15. The Morgan fingerprint density at radius 2 is 1.87 bits per heavy atom. The molecule has 3 rings (SSSR count). The highest BCUT2D eigenvalue weighted by Gasteiger charge is 2.19. The number of aryl methyl sites for hydroxylation is 1. The molecule has 0 unspecified atom stereocenters. The van der Waals surface area contributed by atoms with Crippen molar-refractivity contribution in [2.45, 2.75) is 26.3 Å². The average molecular weight is 463 g/mol. The molecule has 0 aliphatic rings. The zero-order valence-corrected chi connectivity index (χ0v) is 18.8. The number of benzene rings is 2. The number of hydrogen-bond donors (Lipinski definition) is 1. The topological polar surface area (TPSA) is 105 Å². The number of nitrogens with one attached hydrogen (secondary N) is 1. The van der Waals surface area contributed by atoms with E-state index < -0.39 is 10.0 Å². The molecule has 10 heteroatoms. The average Bonchev–Trinajstić information content (AvgIpc) is 3.19. The first kappa shape index (κ1) is 22.8. The van der Waals surface area contributed by atoms with Gasteiger partial charge in [-0.15, -0.1) is 0 Å². The SMILES string of the molecule is Cc1ccccc1N(CCCC(=O)NCc1nc(-c2ccc(Cl)cc2)no1)S(C)(=O)=O. The summed E-state index contributed by atoms with van der Waals surface area (Å²) in [6, 6.07) is 14.2. The lowest BCUT2D eigenvalue weighted by atomic mass is 10.2. The van der Waals surface area contributed by atoms with Crippen LogP contribution in [0.4, 0.5) is 5.69 Å². The van der Waals surface area contributed by atoms with E-state index in [1.807, 2.05) is 19.1 Å². The van der Waals surface area contributed by atoms with Crippen LogP contribution in [0, 0.1) is 6.92 Å². The Bertz CT molecular complexity index is 1150. The van der Waals surface area contributed by atoms with Gasteiger partial charge in [0.25, 0.3) is 0 Å². The third-order valence-corrected chi connectivity index (χ3v) is 5.99. The van der Waals surface area contributed by atoms with Crippen LogP contribution in [0.25, 0.3) is 11.4 Å². The Hall–Kier alpha value is -2.91. The van der Waals surface area contributed by atoms with Gasteiger partial charge < -0.3 is 9.84 Å². The summed E-state index contributed by atoms with van der Waals surface area (Å²) in [4.78, 5) is 16.4. The third kappa shape index (κ3) is 6.28. The van der Waals surface area contributed by atoms with Gasteiger partial charge in [0, 0.05) is 23.6 Å². The molecule has 0 saturated carbocycles. The molecular formula is C21H23ClN4O4S. The van der Waals surface area contributed by atoms with Gasteiger partial charge in [-0.3, -0.25) is 9.10 Å². The van der Waals surface area contributed by atoms with Crippen molar-refractivity contribution in [2.24, 2.45) is 0 Å². The van der Waals surface area contributed by atoms with Gasteiger partial charge >= 0.3 is 0 Å². The van der Waals surface area contributed by atoms with Crippen LogP contribution >= 0.6 is 11.6 Å². The minimum absolute atomic E-state index is 0.0903. The Kier molecular flexibility index (Phi) is 7.29. The quantitative estimate of drug-likeness (QED) is 0.521. The number of carbonyl (C=O) groups is 1. The number of anilines is 1. The second kappa shape index (κ2) is 9.93. The van der Waals surface area contributed by atoms with E-state index in [1.165, 1.54) is 4.31 Å². The van der Waals surface area contributed by atoms with Gasteiger partial charge in [-0.25, -0.2) is 8.42 Å². The van der Waals surface area contributed by atoms with Crippen LogP contribution in [0.1, 0.15) is 24.3 Å². The molecule has 0 aliphatic carbocycles. The van der Waals surface area contributed by atoms with Gasteiger partial charge in [0.2, 0.25) is 27.6 Å². The van der Waals surface area contributed by atoms with Gasteiger partial charge in [-0.05, 0) is 49.2 Å². The van der Waals surface area contributed by atoms with Crippen LogP contribution in [-0.2, 0) is 21.4 Å². The second-order valence-electron chi connectivity index (χ2n) is 7.02. The fourth-order valence-electron chi connectivity index (χ4n) is 3.00. The fraction of sp³-hybridized carbons (Fsp3) is 0.286. The Morgan fingerprint density at radius 3 is 2.55 bits per heavy atom. The molecule has 0 aliphatic heterocycles. The van der Waals surface area contributed by atoms with Crippen molar-refractivity contribution in [3.05, 3.63) is 65.0 Å². The van der Waals surface area contributed by atoms with Crippen molar-refractivity contribution in [1.29, 1.82) is 0 Å². The largest absolute Gasteiger partial charge is 0.347 e. The maximum Gasteiger partial charge on any atom is 0.246 e. The van der Waals surface area contributed by atoms with E-state index >= 15 is 0 Å². The van der Waals surface area contributed by atoms with Crippen LogP contribution < -0.4 is 9.62 Å². The van der Waals surface area contributed by atoms with Gasteiger partial charge in [0.15, 0.2) is 0 Å². The highest BCUT2D eigenvalue weighted by molar-refractivity contribution is 7.92. The van der Waals surface area contributed by atoms with Gasteiger partial charge in [-0.1, -0.05) is 35.0 Å². The van der Waals surface area contributed by atoms with E-state index in [0.29, 0.717) is 23.0 Å². The predicted molar refractivity (Wildman–Crippen MR) is 119 cm³/mol. The molecule has 164 valence electrons. The van der Waals surface area contributed by atoms with Gasteiger partial charge in [-0.2, -0.15) is 4.98 Å². The number of rotatable bonds is 9. The lowest BCUT2D eigenvalue weighted by molar-refractivity contribution is -0.121. The summed E-state index contributed by atoms with van der Waals surface area (Å²) in [7, 11) is -3.46. The fourth-order valence-corrected chi connectivity index (χ4v) is 4.15. The summed E-state index contributed by atoms with van der Waals surface area (Å²) in [5, 5.41) is 7.21. The summed E-state index contributed by atoms with van der Waals surface area (Å²) in [5.41, 5.74) is 2.22. The molecular weight excluding hydrogens is 440 g/mol. The first-order valence-electron chi connectivity index (χ1n) is 9.62. The third-order valence-electron chi connectivity index (χ3n) is 4.56. The van der Waals surface area contributed by atoms with Crippen LogP contribution in [0.3, 0.4) is 0 Å². The lowest BCUT2D eigenvalue weighted by Gasteiger charge is -2.24. The van der Waals surface area contributed by atoms with E-state index in [0.717, 1.165) is 17.4 Å². The van der Waals surface area contributed by atoms with E-state index in [4.69, 9.17) is 16.1 Å². The molecule has 0 saturated heterocycles. The van der Waals surface area contributed by atoms with Crippen LogP contribution in [0.15, 0.2) is 53.1 Å². The predicted octanol–water partition coefficient (Wildman–Crippen LogP) is 3.56. The molecule has 31 heavy (non-hydrogen) atoms. The van der Waals surface area contributed by atoms with Crippen molar-refractivity contribution in [3.8, 4) is 11.4 Å². The van der Waals surface area contributed by atoms with Crippen molar-refractivity contribution in [3.63, 3.8) is 0 Å². The molecule has 1 aromatic heterocycles. The van der Waals surface area contributed by atoms with Crippen molar-refractivity contribution < 1.29 is 17.7 Å². The number of halogens is 1. The Labute approximate surface area is 186 Å². The van der Waals surface area contributed by atoms with Gasteiger partial charge in [0.1, 0.15) is 0 Å². The Morgan fingerprint density at radius 1 is 1.16 bits per heavy atom. The van der Waals surface area contributed by atoms with Crippen molar-refractivity contribution in [1.82, 2.24) is 15.5 Å². The minimum Gasteiger partial charge on any atom is -0.347 e. The number of aromatic nitrogens is 2.